The van der Waals surface area contributed by atoms with Crippen LogP contribution in [0.2, 0.25) is 0 Å². The van der Waals surface area contributed by atoms with Gasteiger partial charge in [-0.2, -0.15) is 0 Å². The summed E-state index contributed by atoms with van der Waals surface area (Å²) in [6.07, 6.45) is 1.42. The van der Waals surface area contributed by atoms with Crippen LogP contribution in [0.1, 0.15) is 26.3 Å². The van der Waals surface area contributed by atoms with Gasteiger partial charge in [-0.25, -0.2) is 4.98 Å². The molecule has 25 heavy (non-hydrogen) atoms. The molecular weight excluding hydrogens is 322 g/mol. The molecule has 0 spiro atoms. The SMILES string of the molecule is CCOC(=O)C(C)(C(=O)OCC)c1ccc(Oc2ccccc2)nc1. The van der Waals surface area contributed by atoms with Crippen LogP contribution in [-0.4, -0.2) is 30.1 Å². The topological polar surface area (TPSA) is 74.7 Å². The van der Waals surface area contributed by atoms with E-state index in [1.807, 2.05) is 18.2 Å². The van der Waals surface area contributed by atoms with E-state index in [1.165, 1.54) is 13.1 Å². The lowest BCUT2D eigenvalue weighted by Crippen LogP contribution is -2.43. The molecule has 2 rings (SSSR count). The minimum atomic E-state index is -1.58. The smallest absolute Gasteiger partial charge is 0.327 e. The van der Waals surface area contributed by atoms with Gasteiger partial charge in [-0.05, 0) is 38.5 Å². The lowest BCUT2D eigenvalue weighted by molar-refractivity contribution is -0.163. The summed E-state index contributed by atoms with van der Waals surface area (Å²) in [6.45, 7) is 5.15. The van der Waals surface area contributed by atoms with Gasteiger partial charge in [0, 0.05) is 12.3 Å². The fourth-order valence-corrected chi connectivity index (χ4v) is 2.22. The normalized spacial score (nSPS) is 10.8. The van der Waals surface area contributed by atoms with Gasteiger partial charge < -0.3 is 14.2 Å². The molecule has 0 aliphatic heterocycles. The van der Waals surface area contributed by atoms with E-state index >= 15 is 0 Å². The second kappa shape index (κ2) is 8.28. The number of carbonyl (C=O) groups is 2. The number of hydrogen-bond acceptors (Lipinski definition) is 6. The Kier molecular flexibility index (Phi) is 6.11. The van der Waals surface area contributed by atoms with Gasteiger partial charge in [-0.15, -0.1) is 0 Å². The molecule has 0 radical (unpaired) electrons. The number of hydrogen-bond donors (Lipinski definition) is 0. The average Bonchev–Trinajstić information content (AvgIpc) is 2.63. The van der Waals surface area contributed by atoms with Gasteiger partial charge in [0.05, 0.1) is 13.2 Å². The monoisotopic (exact) mass is 343 g/mol. The van der Waals surface area contributed by atoms with Gasteiger partial charge in [0.1, 0.15) is 5.75 Å². The Hall–Kier alpha value is -2.89. The Morgan fingerprint density at radius 1 is 0.960 bits per heavy atom. The Morgan fingerprint density at radius 2 is 1.56 bits per heavy atom. The van der Waals surface area contributed by atoms with Crippen LogP contribution < -0.4 is 4.74 Å². The molecule has 132 valence electrons. The summed E-state index contributed by atoms with van der Waals surface area (Å²) in [4.78, 5) is 28.9. The highest BCUT2D eigenvalue weighted by Crippen LogP contribution is 2.29. The quantitative estimate of drug-likeness (QED) is 0.567. The van der Waals surface area contributed by atoms with Crippen molar-refractivity contribution < 1.29 is 23.8 Å². The highest BCUT2D eigenvalue weighted by Gasteiger charge is 2.46. The van der Waals surface area contributed by atoms with Crippen LogP contribution in [0.25, 0.3) is 0 Å². The van der Waals surface area contributed by atoms with Crippen LogP contribution in [0.3, 0.4) is 0 Å². The van der Waals surface area contributed by atoms with Crippen LogP contribution in [0.4, 0.5) is 0 Å². The largest absolute Gasteiger partial charge is 0.465 e. The number of ether oxygens (including phenoxy) is 3. The number of aromatic nitrogens is 1. The molecule has 0 atom stereocenters. The summed E-state index contributed by atoms with van der Waals surface area (Å²) in [5.41, 5.74) is -1.20. The molecule has 2 aromatic rings. The molecule has 1 aromatic heterocycles. The third-order valence-corrected chi connectivity index (χ3v) is 3.65. The van der Waals surface area contributed by atoms with Crippen molar-refractivity contribution in [1.29, 1.82) is 0 Å². The maximum atomic E-state index is 12.4. The van der Waals surface area contributed by atoms with E-state index in [2.05, 4.69) is 4.98 Å². The van der Waals surface area contributed by atoms with E-state index in [1.54, 1.807) is 38.1 Å². The minimum Gasteiger partial charge on any atom is -0.465 e. The van der Waals surface area contributed by atoms with Gasteiger partial charge >= 0.3 is 11.9 Å². The summed E-state index contributed by atoms with van der Waals surface area (Å²) in [5.74, 6) is -0.356. The molecule has 0 saturated carbocycles. The fourth-order valence-electron chi connectivity index (χ4n) is 2.22. The van der Waals surface area contributed by atoms with E-state index in [0.717, 1.165) is 0 Å². The van der Waals surface area contributed by atoms with Crippen molar-refractivity contribution in [2.45, 2.75) is 26.2 Å². The molecule has 0 aliphatic rings. The van der Waals surface area contributed by atoms with Crippen LogP contribution >= 0.6 is 0 Å². The van der Waals surface area contributed by atoms with E-state index in [9.17, 15) is 9.59 Å². The van der Waals surface area contributed by atoms with Crippen molar-refractivity contribution in [2.24, 2.45) is 0 Å². The van der Waals surface area contributed by atoms with Gasteiger partial charge in [0.15, 0.2) is 5.41 Å². The molecule has 0 bridgehead atoms. The second-order valence-electron chi connectivity index (χ2n) is 5.37. The summed E-state index contributed by atoms with van der Waals surface area (Å²) in [5, 5.41) is 0. The highest BCUT2D eigenvalue weighted by molar-refractivity contribution is 6.05. The van der Waals surface area contributed by atoms with Crippen molar-refractivity contribution in [3.63, 3.8) is 0 Å². The first-order valence-electron chi connectivity index (χ1n) is 8.06. The number of para-hydroxylation sites is 1. The molecule has 0 saturated heterocycles. The van der Waals surface area contributed by atoms with Crippen LogP contribution in [-0.2, 0) is 24.5 Å². The van der Waals surface area contributed by atoms with Crippen molar-refractivity contribution in [3.05, 3.63) is 54.2 Å². The van der Waals surface area contributed by atoms with E-state index in [0.29, 0.717) is 17.2 Å². The van der Waals surface area contributed by atoms with Crippen LogP contribution in [0, 0.1) is 0 Å². The molecule has 1 heterocycles. The van der Waals surface area contributed by atoms with E-state index < -0.39 is 17.4 Å². The Balaban J connectivity index is 2.28. The number of esters is 2. The minimum absolute atomic E-state index is 0.163. The molecule has 0 aliphatic carbocycles. The number of nitrogens with zero attached hydrogens (tertiary/aromatic N) is 1. The zero-order valence-electron chi connectivity index (χ0n) is 14.5. The second-order valence-corrected chi connectivity index (χ2v) is 5.37. The molecule has 0 fully saturated rings. The number of rotatable bonds is 7. The Labute approximate surface area is 146 Å². The van der Waals surface area contributed by atoms with Crippen molar-refractivity contribution >= 4 is 11.9 Å². The lowest BCUT2D eigenvalue weighted by atomic mass is 9.83. The van der Waals surface area contributed by atoms with Gasteiger partial charge in [0.2, 0.25) is 5.88 Å². The zero-order chi connectivity index (χ0) is 18.3. The predicted molar refractivity (Wildman–Crippen MR) is 91.4 cm³/mol. The summed E-state index contributed by atoms with van der Waals surface area (Å²) in [6, 6.07) is 12.4. The average molecular weight is 343 g/mol. The maximum Gasteiger partial charge on any atom is 0.327 e. The Morgan fingerprint density at radius 3 is 2.04 bits per heavy atom. The molecule has 6 heteroatoms. The van der Waals surface area contributed by atoms with Crippen molar-refractivity contribution in [2.75, 3.05) is 13.2 Å². The van der Waals surface area contributed by atoms with Crippen molar-refractivity contribution in [1.82, 2.24) is 4.98 Å². The van der Waals surface area contributed by atoms with Gasteiger partial charge in [0.25, 0.3) is 0 Å². The number of pyridine rings is 1. The third-order valence-electron chi connectivity index (χ3n) is 3.65. The fraction of sp³-hybridized carbons (Fsp3) is 0.316. The van der Waals surface area contributed by atoms with Gasteiger partial charge in [-0.1, -0.05) is 24.3 Å². The Bertz CT molecular complexity index is 694. The summed E-state index contributed by atoms with van der Waals surface area (Å²) >= 11 is 0. The summed E-state index contributed by atoms with van der Waals surface area (Å²) < 4.78 is 15.7. The summed E-state index contributed by atoms with van der Waals surface area (Å²) in [7, 11) is 0. The molecular formula is C19H21NO5. The van der Waals surface area contributed by atoms with E-state index in [4.69, 9.17) is 14.2 Å². The van der Waals surface area contributed by atoms with E-state index in [-0.39, 0.29) is 13.2 Å². The lowest BCUT2D eigenvalue weighted by Gasteiger charge is -2.25. The van der Waals surface area contributed by atoms with Crippen LogP contribution in [0.15, 0.2) is 48.7 Å². The first-order valence-corrected chi connectivity index (χ1v) is 8.06. The molecule has 0 amide bonds. The van der Waals surface area contributed by atoms with Crippen molar-refractivity contribution in [3.8, 4) is 11.6 Å². The third kappa shape index (κ3) is 4.15. The molecule has 1 aromatic carbocycles. The standard InChI is InChI=1S/C19H21NO5/c1-4-23-17(21)19(3,18(22)24-5-2)14-11-12-16(20-13-14)25-15-9-7-6-8-10-15/h6-13H,4-5H2,1-3H3. The molecule has 0 N–H and O–H groups in total. The highest BCUT2D eigenvalue weighted by atomic mass is 16.6. The molecule has 6 nitrogen and oxygen atoms in total. The van der Waals surface area contributed by atoms with Crippen LogP contribution in [0.5, 0.6) is 11.6 Å². The predicted octanol–water partition coefficient (Wildman–Crippen LogP) is 3.26. The molecule has 0 unspecified atom stereocenters. The maximum absolute atomic E-state index is 12.4. The number of benzene rings is 1. The zero-order valence-corrected chi connectivity index (χ0v) is 14.5. The first kappa shape index (κ1) is 18.4. The first-order chi connectivity index (χ1) is 12.0. The number of carbonyl (C=O) groups excluding carboxylic acids is 2. The van der Waals surface area contributed by atoms with Gasteiger partial charge in [-0.3, -0.25) is 9.59 Å².